The molecule has 0 radical (unpaired) electrons. The zero-order valence-corrected chi connectivity index (χ0v) is 13.1. The van der Waals surface area contributed by atoms with Crippen molar-refractivity contribution < 1.29 is 4.79 Å². The van der Waals surface area contributed by atoms with E-state index in [0.29, 0.717) is 17.9 Å². The van der Waals surface area contributed by atoms with E-state index in [1.165, 1.54) is 18.4 Å². The van der Waals surface area contributed by atoms with E-state index >= 15 is 0 Å². The van der Waals surface area contributed by atoms with Gasteiger partial charge >= 0.3 is 0 Å². The Labute approximate surface area is 131 Å². The maximum Gasteiger partial charge on any atom is 0.222 e. The summed E-state index contributed by atoms with van der Waals surface area (Å²) in [6.45, 7) is 4.04. The van der Waals surface area contributed by atoms with Crippen molar-refractivity contribution in [3.05, 3.63) is 23.8 Å². The molecule has 4 rings (SSSR count). The van der Waals surface area contributed by atoms with Crippen LogP contribution in [0.2, 0.25) is 0 Å². The van der Waals surface area contributed by atoms with E-state index in [9.17, 15) is 4.79 Å². The van der Waals surface area contributed by atoms with Crippen LogP contribution in [0.25, 0.3) is 0 Å². The molecule has 1 saturated carbocycles. The number of rotatable bonds is 4. The van der Waals surface area contributed by atoms with Crippen LogP contribution in [0.4, 0.5) is 0 Å². The maximum absolute atomic E-state index is 11.8. The molecule has 1 aromatic rings. The normalized spacial score (nSPS) is 24.2. The minimum Gasteiger partial charge on any atom is -0.340 e. The van der Waals surface area contributed by atoms with Crippen LogP contribution in [-0.2, 0) is 11.3 Å². The Balaban J connectivity index is 1.29. The van der Waals surface area contributed by atoms with Crippen LogP contribution in [0.3, 0.4) is 0 Å². The van der Waals surface area contributed by atoms with Crippen molar-refractivity contribution in [1.82, 2.24) is 19.8 Å². The van der Waals surface area contributed by atoms with Crippen molar-refractivity contribution in [2.24, 2.45) is 0 Å². The third-order valence-corrected chi connectivity index (χ3v) is 5.18. The molecule has 0 spiro atoms. The molecule has 2 aliphatic heterocycles. The van der Waals surface area contributed by atoms with Crippen molar-refractivity contribution in [3.63, 3.8) is 0 Å². The zero-order valence-electron chi connectivity index (χ0n) is 13.1. The number of amides is 1. The van der Waals surface area contributed by atoms with Crippen LogP contribution in [0.5, 0.6) is 0 Å². The van der Waals surface area contributed by atoms with E-state index in [0.717, 1.165) is 57.7 Å². The van der Waals surface area contributed by atoms with Crippen molar-refractivity contribution in [1.29, 1.82) is 0 Å². The minimum atomic E-state index is 0.363. The van der Waals surface area contributed by atoms with Crippen LogP contribution in [0, 0.1) is 0 Å². The number of piperidine rings is 1. The SMILES string of the molecule is O=C1CCCN1C1CCN(Cc2cnc(C3CC3)nc2)CC1. The molecule has 5 nitrogen and oxygen atoms in total. The van der Waals surface area contributed by atoms with E-state index in [1.54, 1.807) is 0 Å². The zero-order chi connectivity index (χ0) is 14.9. The lowest BCUT2D eigenvalue weighted by atomic mass is 10.0. The van der Waals surface area contributed by atoms with Crippen LogP contribution in [-0.4, -0.2) is 51.4 Å². The molecule has 5 heteroatoms. The van der Waals surface area contributed by atoms with Gasteiger partial charge in [-0.25, -0.2) is 9.97 Å². The summed E-state index contributed by atoms with van der Waals surface area (Å²) in [5.41, 5.74) is 1.21. The van der Waals surface area contributed by atoms with Gasteiger partial charge in [0.15, 0.2) is 0 Å². The molecular formula is C17H24N4O. The summed E-state index contributed by atoms with van der Waals surface area (Å²) in [7, 11) is 0. The van der Waals surface area contributed by atoms with Gasteiger partial charge in [-0.05, 0) is 32.1 Å². The second-order valence-electron chi connectivity index (χ2n) is 6.92. The summed E-state index contributed by atoms with van der Waals surface area (Å²) in [4.78, 5) is 25.4. The topological polar surface area (TPSA) is 49.3 Å². The number of hydrogen-bond donors (Lipinski definition) is 0. The summed E-state index contributed by atoms with van der Waals surface area (Å²) in [6, 6.07) is 0.472. The third-order valence-electron chi connectivity index (χ3n) is 5.18. The highest BCUT2D eigenvalue weighted by Gasteiger charge is 2.30. The van der Waals surface area contributed by atoms with Gasteiger partial charge in [-0.1, -0.05) is 0 Å². The second-order valence-corrected chi connectivity index (χ2v) is 6.92. The summed E-state index contributed by atoms with van der Waals surface area (Å²) in [6.07, 6.45) is 10.5. The highest BCUT2D eigenvalue weighted by atomic mass is 16.2. The predicted octanol–water partition coefficient (Wildman–Crippen LogP) is 1.94. The molecule has 118 valence electrons. The first kappa shape index (κ1) is 14.1. The number of carbonyl (C=O) groups excluding carboxylic acids is 1. The van der Waals surface area contributed by atoms with Gasteiger partial charge in [-0.15, -0.1) is 0 Å². The average Bonchev–Trinajstić information content (AvgIpc) is 3.31. The van der Waals surface area contributed by atoms with Gasteiger partial charge in [0.1, 0.15) is 5.82 Å². The molecule has 1 amide bonds. The summed E-state index contributed by atoms with van der Waals surface area (Å²) in [5.74, 6) is 2.01. The van der Waals surface area contributed by atoms with Crippen LogP contribution < -0.4 is 0 Å². The molecular weight excluding hydrogens is 276 g/mol. The first-order chi connectivity index (χ1) is 10.8. The van der Waals surface area contributed by atoms with E-state index in [4.69, 9.17) is 0 Å². The minimum absolute atomic E-state index is 0.363. The highest BCUT2D eigenvalue weighted by Crippen LogP contribution is 2.37. The molecule has 3 fully saturated rings. The average molecular weight is 300 g/mol. The van der Waals surface area contributed by atoms with Gasteiger partial charge in [0, 0.05) is 62.5 Å². The second kappa shape index (κ2) is 5.95. The van der Waals surface area contributed by atoms with Crippen LogP contribution in [0.15, 0.2) is 12.4 Å². The van der Waals surface area contributed by atoms with Gasteiger partial charge < -0.3 is 4.90 Å². The molecule has 3 aliphatic rings. The van der Waals surface area contributed by atoms with Crippen molar-refractivity contribution in [2.75, 3.05) is 19.6 Å². The van der Waals surface area contributed by atoms with Crippen LogP contribution >= 0.6 is 0 Å². The largest absolute Gasteiger partial charge is 0.340 e. The lowest BCUT2D eigenvalue weighted by Crippen LogP contribution is -2.45. The third kappa shape index (κ3) is 3.00. The Bertz CT molecular complexity index is 532. The smallest absolute Gasteiger partial charge is 0.222 e. The Morgan fingerprint density at radius 2 is 1.77 bits per heavy atom. The molecule has 0 unspecified atom stereocenters. The monoisotopic (exact) mass is 300 g/mol. The van der Waals surface area contributed by atoms with Crippen LogP contribution in [0.1, 0.15) is 55.8 Å². The van der Waals surface area contributed by atoms with Crippen molar-refractivity contribution in [2.45, 2.75) is 57.0 Å². The lowest BCUT2D eigenvalue weighted by Gasteiger charge is -2.36. The van der Waals surface area contributed by atoms with Gasteiger partial charge in [0.05, 0.1) is 0 Å². The summed E-state index contributed by atoms with van der Waals surface area (Å²) >= 11 is 0. The highest BCUT2D eigenvalue weighted by molar-refractivity contribution is 5.78. The fourth-order valence-electron chi connectivity index (χ4n) is 3.70. The number of nitrogens with zero attached hydrogens (tertiary/aromatic N) is 4. The molecule has 0 bridgehead atoms. The Morgan fingerprint density at radius 3 is 2.36 bits per heavy atom. The molecule has 1 aliphatic carbocycles. The molecule has 1 aromatic heterocycles. The fraction of sp³-hybridized carbons (Fsp3) is 0.706. The lowest BCUT2D eigenvalue weighted by molar-refractivity contribution is -0.130. The molecule has 2 saturated heterocycles. The van der Waals surface area contributed by atoms with E-state index in [1.807, 2.05) is 12.4 Å². The maximum atomic E-state index is 11.8. The fourth-order valence-corrected chi connectivity index (χ4v) is 3.70. The van der Waals surface area contributed by atoms with Crippen molar-refractivity contribution in [3.8, 4) is 0 Å². The van der Waals surface area contributed by atoms with Crippen molar-refractivity contribution >= 4 is 5.91 Å². The van der Waals surface area contributed by atoms with E-state index < -0.39 is 0 Å². The van der Waals surface area contributed by atoms with Gasteiger partial charge in [-0.2, -0.15) is 0 Å². The number of aromatic nitrogens is 2. The quantitative estimate of drug-likeness (QED) is 0.852. The number of hydrogen-bond acceptors (Lipinski definition) is 4. The first-order valence-electron chi connectivity index (χ1n) is 8.62. The molecule has 3 heterocycles. The molecule has 0 N–H and O–H groups in total. The molecule has 0 aromatic carbocycles. The first-order valence-corrected chi connectivity index (χ1v) is 8.62. The van der Waals surface area contributed by atoms with Gasteiger partial charge in [-0.3, -0.25) is 9.69 Å². The number of likely N-dealkylation sites (tertiary alicyclic amines) is 2. The van der Waals surface area contributed by atoms with E-state index in [2.05, 4.69) is 19.8 Å². The van der Waals surface area contributed by atoms with Gasteiger partial charge in [0.25, 0.3) is 0 Å². The van der Waals surface area contributed by atoms with E-state index in [-0.39, 0.29) is 0 Å². The molecule has 22 heavy (non-hydrogen) atoms. The van der Waals surface area contributed by atoms with Gasteiger partial charge in [0.2, 0.25) is 5.91 Å². The standard InChI is InChI=1S/C17H24N4O/c22-16-2-1-7-21(16)15-5-8-20(9-6-15)12-13-10-18-17(19-11-13)14-3-4-14/h10-11,14-15H,1-9,12H2. The summed E-state index contributed by atoms with van der Waals surface area (Å²) < 4.78 is 0. The Kier molecular flexibility index (Phi) is 3.82. The summed E-state index contributed by atoms with van der Waals surface area (Å²) in [5, 5.41) is 0. The Hall–Kier alpha value is -1.49. The number of carbonyl (C=O) groups is 1. The predicted molar refractivity (Wildman–Crippen MR) is 83.3 cm³/mol. The Morgan fingerprint density at radius 1 is 1.05 bits per heavy atom. The molecule has 0 atom stereocenters.